The zero-order valence-corrected chi connectivity index (χ0v) is 16.6. The lowest BCUT2D eigenvalue weighted by Gasteiger charge is -2.22. The van der Waals surface area contributed by atoms with Gasteiger partial charge in [-0.1, -0.05) is 41.1 Å². The Balaban J connectivity index is 1.59. The van der Waals surface area contributed by atoms with Crippen LogP contribution in [-0.2, 0) is 13.0 Å². The largest absolute Gasteiger partial charge is 0.357 e. The van der Waals surface area contributed by atoms with E-state index < -0.39 is 0 Å². The average Bonchev–Trinajstić information content (AvgIpc) is 3.19. The van der Waals surface area contributed by atoms with Crippen molar-refractivity contribution < 1.29 is 4.52 Å². The Morgan fingerprint density at radius 2 is 2.00 bits per heavy atom. The van der Waals surface area contributed by atoms with Gasteiger partial charge in [-0.2, -0.15) is 4.98 Å². The van der Waals surface area contributed by atoms with E-state index in [2.05, 4.69) is 63.5 Å². The van der Waals surface area contributed by atoms with Crippen molar-refractivity contribution in [3.8, 4) is 11.6 Å². The normalized spacial score (nSPS) is 11.5. The summed E-state index contributed by atoms with van der Waals surface area (Å²) < 4.78 is 5.29. The third kappa shape index (κ3) is 5.39. The monoisotopic (exact) mass is 378 g/mol. The molecule has 1 aromatic carbocycles. The van der Waals surface area contributed by atoms with Gasteiger partial charge in [-0.25, -0.2) is 0 Å². The molecule has 0 unspecified atom stereocenters. The number of nitrogens with zero attached hydrogens (tertiary/aromatic N) is 5. The van der Waals surface area contributed by atoms with Crippen molar-refractivity contribution in [3.63, 3.8) is 0 Å². The third-order valence-electron chi connectivity index (χ3n) is 4.19. The van der Waals surface area contributed by atoms with Gasteiger partial charge in [0.15, 0.2) is 11.8 Å². The van der Waals surface area contributed by atoms with Gasteiger partial charge in [-0.05, 0) is 31.5 Å². The molecule has 1 N–H and O–H groups in total. The molecule has 0 amide bonds. The van der Waals surface area contributed by atoms with Crippen LogP contribution in [0.3, 0.4) is 0 Å². The zero-order chi connectivity index (χ0) is 19.8. The summed E-state index contributed by atoms with van der Waals surface area (Å²) in [6, 6.07) is 14.1. The smallest absolute Gasteiger partial charge is 0.276 e. The second kappa shape index (κ2) is 9.64. The van der Waals surface area contributed by atoms with Crippen LogP contribution in [-0.4, -0.2) is 46.1 Å². The lowest BCUT2D eigenvalue weighted by Crippen LogP contribution is -2.38. The molecule has 0 atom stereocenters. The van der Waals surface area contributed by atoms with Crippen molar-refractivity contribution in [3.05, 3.63) is 65.6 Å². The quantitative estimate of drug-likeness (QED) is 0.503. The first kappa shape index (κ1) is 19.5. The summed E-state index contributed by atoms with van der Waals surface area (Å²) in [5, 5.41) is 7.36. The van der Waals surface area contributed by atoms with Gasteiger partial charge in [0.1, 0.15) is 5.69 Å². The van der Waals surface area contributed by atoms with Crippen molar-refractivity contribution >= 4 is 5.96 Å². The lowest BCUT2D eigenvalue weighted by molar-refractivity contribution is 0.421. The summed E-state index contributed by atoms with van der Waals surface area (Å²) in [6.45, 7) is 6.33. The molecule has 0 saturated heterocycles. The first-order valence-electron chi connectivity index (χ1n) is 9.44. The molecule has 7 nitrogen and oxygen atoms in total. The van der Waals surface area contributed by atoms with Crippen molar-refractivity contribution in [2.45, 2.75) is 26.8 Å². The number of aromatic nitrogens is 3. The molecule has 0 fully saturated rings. The average molecular weight is 378 g/mol. The van der Waals surface area contributed by atoms with E-state index in [1.54, 1.807) is 6.20 Å². The second-order valence-electron chi connectivity index (χ2n) is 6.56. The third-order valence-corrected chi connectivity index (χ3v) is 4.19. The molecule has 3 rings (SSSR count). The highest BCUT2D eigenvalue weighted by Gasteiger charge is 2.10. The number of benzene rings is 1. The summed E-state index contributed by atoms with van der Waals surface area (Å²) in [6.07, 6.45) is 2.31. The Labute approximate surface area is 165 Å². The van der Waals surface area contributed by atoms with Gasteiger partial charge < -0.3 is 14.7 Å². The molecule has 7 heteroatoms. The number of guanidine groups is 1. The van der Waals surface area contributed by atoms with Gasteiger partial charge >= 0.3 is 0 Å². The van der Waals surface area contributed by atoms with Crippen LogP contribution in [0.4, 0.5) is 0 Å². The van der Waals surface area contributed by atoms with Gasteiger partial charge in [0.05, 0.1) is 0 Å². The molecule has 0 bridgehead atoms. The first-order chi connectivity index (χ1) is 13.7. The molecule has 146 valence electrons. The maximum absolute atomic E-state index is 5.29. The van der Waals surface area contributed by atoms with Gasteiger partial charge in [0.25, 0.3) is 5.89 Å². The van der Waals surface area contributed by atoms with Gasteiger partial charge in [0, 0.05) is 39.3 Å². The number of hydrogen-bond donors (Lipinski definition) is 1. The highest BCUT2D eigenvalue weighted by molar-refractivity contribution is 5.79. The number of nitrogens with one attached hydrogen (secondary N) is 1. The van der Waals surface area contributed by atoms with E-state index in [0.717, 1.165) is 19.0 Å². The second-order valence-corrected chi connectivity index (χ2v) is 6.56. The first-order valence-corrected chi connectivity index (χ1v) is 9.44. The molecule has 0 saturated carbocycles. The molecular weight excluding hydrogens is 352 g/mol. The molecule has 3 aromatic rings. The standard InChI is InChI=1S/C21H26N6O/c1-4-22-21(27(3)15-17-10-8-16(2)9-11-17)24-14-12-19-25-20(28-26-19)18-7-5-6-13-23-18/h5-11,13H,4,12,14-15H2,1-3H3,(H,22,24). The van der Waals surface area contributed by atoms with Crippen LogP contribution in [0.2, 0.25) is 0 Å². The molecule has 0 aliphatic carbocycles. The minimum atomic E-state index is 0.433. The van der Waals surface area contributed by atoms with Gasteiger partial charge in [0.2, 0.25) is 0 Å². The van der Waals surface area contributed by atoms with E-state index in [4.69, 9.17) is 9.52 Å². The molecule has 0 aliphatic heterocycles. The summed E-state index contributed by atoms with van der Waals surface area (Å²) in [4.78, 5) is 15.4. The van der Waals surface area contributed by atoms with E-state index >= 15 is 0 Å². The van der Waals surface area contributed by atoms with Gasteiger partial charge in [-0.3, -0.25) is 9.98 Å². The fourth-order valence-corrected chi connectivity index (χ4v) is 2.72. The summed E-state index contributed by atoms with van der Waals surface area (Å²) in [7, 11) is 2.04. The number of aryl methyl sites for hydroxylation is 1. The maximum atomic E-state index is 5.29. The predicted molar refractivity (Wildman–Crippen MR) is 110 cm³/mol. The van der Waals surface area contributed by atoms with Crippen molar-refractivity contribution in [2.24, 2.45) is 4.99 Å². The summed E-state index contributed by atoms with van der Waals surface area (Å²) in [5.41, 5.74) is 3.19. The number of hydrogen-bond acceptors (Lipinski definition) is 5. The molecule has 0 radical (unpaired) electrons. The van der Waals surface area contributed by atoms with Crippen molar-refractivity contribution in [2.75, 3.05) is 20.1 Å². The molecule has 0 aliphatic rings. The van der Waals surface area contributed by atoms with Crippen LogP contribution in [0.15, 0.2) is 58.2 Å². The minimum absolute atomic E-state index is 0.433. The SMILES string of the molecule is CCNC(=NCCc1noc(-c2ccccn2)n1)N(C)Cc1ccc(C)cc1. The van der Waals surface area contributed by atoms with Gasteiger partial charge in [-0.15, -0.1) is 0 Å². The fourth-order valence-electron chi connectivity index (χ4n) is 2.72. The van der Waals surface area contributed by atoms with Crippen LogP contribution >= 0.6 is 0 Å². The topological polar surface area (TPSA) is 79.4 Å². The van der Waals surface area contributed by atoms with Crippen LogP contribution in [0, 0.1) is 6.92 Å². The number of rotatable bonds is 7. The van der Waals surface area contributed by atoms with Crippen LogP contribution in [0.25, 0.3) is 11.6 Å². The van der Waals surface area contributed by atoms with E-state index in [-0.39, 0.29) is 0 Å². The molecule has 2 heterocycles. The lowest BCUT2D eigenvalue weighted by atomic mass is 10.1. The Hall–Kier alpha value is -3.22. The summed E-state index contributed by atoms with van der Waals surface area (Å²) >= 11 is 0. The van der Waals surface area contributed by atoms with Crippen LogP contribution < -0.4 is 5.32 Å². The fraction of sp³-hybridized carbons (Fsp3) is 0.333. The number of aliphatic imine (C=N–C) groups is 1. The number of pyridine rings is 1. The minimum Gasteiger partial charge on any atom is -0.357 e. The van der Waals surface area contributed by atoms with Crippen LogP contribution in [0.1, 0.15) is 23.9 Å². The van der Waals surface area contributed by atoms with E-state index in [1.165, 1.54) is 11.1 Å². The Bertz CT molecular complexity index is 889. The summed E-state index contributed by atoms with van der Waals surface area (Å²) in [5.74, 6) is 1.92. The molecule has 2 aromatic heterocycles. The van der Waals surface area contributed by atoms with Crippen molar-refractivity contribution in [1.82, 2.24) is 25.3 Å². The van der Waals surface area contributed by atoms with E-state index in [1.807, 2.05) is 25.2 Å². The maximum Gasteiger partial charge on any atom is 0.276 e. The Morgan fingerprint density at radius 3 is 2.71 bits per heavy atom. The Kier molecular flexibility index (Phi) is 6.73. The Morgan fingerprint density at radius 1 is 1.18 bits per heavy atom. The molecule has 28 heavy (non-hydrogen) atoms. The van der Waals surface area contributed by atoms with E-state index in [9.17, 15) is 0 Å². The zero-order valence-electron chi connectivity index (χ0n) is 16.6. The highest BCUT2D eigenvalue weighted by atomic mass is 16.5. The van der Waals surface area contributed by atoms with Crippen molar-refractivity contribution in [1.29, 1.82) is 0 Å². The highest BCUT2D eigenvalue weighted by Crippen LogP contribution is 2.13. The van der Waals surface area contributed by atoms with E-state index in [0.29, 0.717) is 30.4 Å². The molecular formula is C21H26N6O. The predicted octanol–water partition coefficient (Wildman–Crippen LogP) is 3.08. The molecule has 0 spiro atoms. The van der Waals surface area contributed by atoms with Crippen LogP contribution in [0.5, 0.6) is 0 Å².